The summed E-state index contributed by atoms with van der Waals surface area (Å²) in [5.41, 5.74) is 2.68. The highest BCUT2D eigenvalue weighted by molar-refractivity contribution is 5.92. The van der Waals surface area contributed by atoms with Crippen LogP contribution in [0, 0.1) is 0 Å². The third kappa shape index (κ3) is 5.85. The molecule has 1 heterocycles. The normalized spacial score (nSPS) is 10.8. The van der Waals surface area contributed by atoms with E-state index in [1.807, 2.05) is 63.1 Å². The van der Waals surface area contributed by atoms with Crippen molar-refractivity contribution >= 4 is 23.2 Å². The van der Waals surface area contributed by atoms with E-state index in [9.17, 15) is 9.59 Å². The van der Waals surface area contributed by atoms with Gasteiger partial charge in [-0.2, -0.15) is 0 Å². The number of nitrogens with one attached hydrogen (secondary N) is 1. The van der Waals surface area contributed by atoms with Gasteiger partial charge in [0.05, 0.1) is 6.26 Å². The van der Waals surface area contributed by atoms with Gasteiger partial charge in [0.25, 0.3) is 5.91 Å². The lowest BCUT2D eigenvalue weighted by atomic mass is 10.1. The number of carbonyl (C=O) groups excluding carboxylic acids is 2. The predicted molar refractivity (Wildman–Crippen MR) is 112 cm³/mol. The molecule has 7 nitrogen and oxygen atoms in total. The Morgan fingerprint density at radius 3 is 2.39 bits per heavy atom. The van der Waals surface area contributed by atoms with Gasteiger partial charge in [-0.05, 0) is 50.0 Å². The second-order valence-electron chi connectivity index (χ2n) is 7.15. The maximum absolute atomic E-state index is 12.9. The summed E-state index contributed by atoms with van der Waals surface area (Å²) >= 11 is 0. The molecule has 0 unspecified atom stereocenters. The van der Waals surface area contributed by atoms with Crippen LogP contribution in [0.5, 0.6) is 0 Å². The highest BCUT2D eigenvalue weighted by Crippen LogP contribution is 2.25. The second-order valence-corrected chi connectivity index (χ2v) is 7.15. The summed E-state index contributed by atoms with van der Waals surface area (Å²) in [5, 5.41) is 2.89. The molecule has 0 aliphatic carbocycles. The minimum Gasteiger partial charge on any atom is -0.459 e. The van der Waals surface area contributed by atoms with Crippen LogP contribution in [-0.4, -0.2) is 62.9 Å². The third-order valence-electron chi connectivity index (χ3n) is 4.36. The average Bonchev–Trinajstić information content (AvgIpc) is 3.18. The van der Waals surface area contributed by atoms with Crippen LogP contribution in [0.2, 0.25) is 0 Å². The van der Waals surface area contributed by atoms with Gasteiger partial charge >= 0.3 is 0 Å². The Morgan fingerprint density at radius 2 is 1.82 bits per heavy atom. The fraction of sp³-hybridized carbons (Fsp3) is 0.429. The van der Waals surface area contributed by atoms with Gasteiger partial charge in [0, 0.05) is 51.5 Å². The molecule has 0 spiro atoms. The van der Waals surface area contributed by atoms with Crippen LogP contribution < -0.4 is 10.2 Å². The zero-order valence-corrected chi connectivity index (χ0v) is 17.4. The molecule has 0 aliphatic rings. The Bertz CT molecular complexity index is 785. The first kappa shape index (κ1) is 21.5. The molecule has 0 radical (unpaired) electrons. The summed E-state index contributed by atoms with van der Waals surface area (Å²) in [4.78, 5) is 30.5. The summed E-state index contributed by atoms with van der Waals surface area (Å²) < 4.78 is 5.32. The quantitative estimate of drug-likeness (QED) is 0.718. The third-order valence-corrected chi connectivity index (χ3v) is 4.36. The molecule has 1 aromatic heterocycles. The number of hydrogen-bond acceptors (Lipinski definition) is 5. The fourth-order valence-electron chi connectivity index (χ4n) is 2.81. The maximum Gasteiger partial charge on any atom is 0.289 e. The van der Waals surface area contributed by atoms with E-state index in [2.05, 4.69) is 5.32 Å². The lowest BCUT2D eigenvalue weighted by molar-refractivity contribution is -0.115. The van der Waals surface area contributed by atoms with Gasteiger partial charge in [-0.15, -0.1) is 0 Å². The lowest BCUT2D eigenvalue weighted by Gasteiger charge is -2.26. The first-order chi connectivity index (χ1) is 13.3. The number of hydrogen-bond donors (Lipinski definition) is 1. The van der Waals surface area contributed by atoms with Crippen molar-refractivity contribution in [3.05, 3.63) is 47.9 Å². The molecule has 0 bridgehead atoms. The zero-order valence-electron chi connectivity index (χ0n) is 17.4. The summed E-state index contributed by atoms with van der Waals surface area (Å²) in [6.45, 7) is 3.52. The van der Waals surface area contributed by atoms with Crippen molar-refractivity contribution in [2.24, 2.45) is 0 Å². The lowest BCUT2D eigenvalue weighted by Crippen LogP contribution is -2.36. The molecule has 28 heavy (non-hydrogen) atoms. The van der Waals surface area contributed by atoms with E-state index in [-0.39, 0.29) is 11.8 Å². The number of nitrogens with zero attached hydrogens (tertiary/aromatic N) is 3. The largest absolute Gasteiger partial charge is 0.459 e. The number of furan rings is 1. The van der Waals surface area contributed by atoms with Crippen LogP contribution in [0.4, 0.5) is 11.4 Å². The number of amides is 2. The molecule has 2 rings (SSSR count). The van der Waals surface area contributed by atoms with Crippen LogP contribution in [0.3, 0.4) is 0 Å². The van der Waals surface area contributed by atoms with Crippen molar-refractivity contribution in [3.63, 3.8) is 0 Å². The molecule has 1 N–H and O–H groups in total. The summed E-state index contributed by atoms with van der Waals surface area (Å²) in [6, 6.07) is 9.16. The monoisotopic (exact) mass is 386 g/mol. The summed E-state index contributed by atoms with van der Waals surface area (Å²) in [5.74, 6) is 0.125. The Morgan fingerprint density at radius 1 is 1.07 bits per heavy atom. The molecule has 0 aliphatic heterocycles. The van der Waals surface area contributed by atoms with Gasteiger partial charge in [-0.3, -0.25) is 9.59 Å². The van der Waals surface area contributed by atoms with E-state index in [0.29, 0.717) is 25.3 Å². The van der Waals surface area contributed by atoms with Crippen LogP contribution in [-0.2, 0) is 11.3 Å². The first-order valence-corrected chi connectivity index (χ1v) is 9.39. The number of anilines is 2. The fourth-order valence-corrected chi connectivity index (χ4v) is 2.81. The Kier molecular flexibility index (Phi) is 7.63. The second kappa shape index (κ2) is 9.94. The molecule has 152 valence electrons. The number of rotatable bonds is 9. The number of likely N-dealkylation sites (N-methyl/N-ethyl adjacent to an activating group) is 1. The van der Waals surface area contributed by atoms with Crippen molar-refractivity contribution < 1.29 is 14.0 Å². The molecule has 2 amide bonds. The topological polar surface area (TPSA) is 69.0 Å². The highest BCUT2D eigenvalue weighted by atomic mass is 16.3. The van der Waals surface area contributed by atoms with E-state index in [0.717, 1.165) is 23.5 Å². The smallest absolute Gasteiger partial charge is 0.289 e. The summed E-state index contributed by atoms with van der Waals surface area (Å²) in [7, 11) is 7.87. The van der Waals surface area contributed by atoms with E-state index in [4.69, 9.17) is 4.42 Å². The average molecular weight is 386 g/mol. The molecule has 0 fully saturated rings. The van der Waals surface area contributed by atoms with Crippen LogP contribution in [0.15, 0.2) is 41.0 Å². The van der Waals surface area contributed by atoms with Gasteiger partial charge in [0.1, 0.15) is 0 Å². The molecule has 7 heteroatoms. The maximum atomic E-state index is 12.9. The highest BCUT2D eigenvalue weighted by Gasteiger charge is 2.20. The minimum atomic E-state index is -0.153. The van der Waals surface area contributed by atoms with Crippen molar-refractivity contribution in [2.75, 3.05) is 51.5 Å². The van der Waals surface area contributed by atoms with Crippen LogP contribution >= 0.6 is 0 Å². The van der Waals surface area contributed by atoms with E-state index >= 15 is 0 Å². The van der Waals surface area contributed by atoms with E-state index in [1.165, 1.54) is 6.26 Å². The minimum absolute atomic E-state index is 0.0420. The zero-order chi connectivity index (χ0) is 20.7. The molecule has 0 saturated heterocycles. The summed E-state index contributed by atoms with van der Waals surface area (Å²) in [6.07, 6.45) is 1.92. The first-order valence-electron chi connectivity index (χ1n) is 9.39. The molecule has 0 saturated carbocycles. The Balaban J connectivity index is 2.32. The van der Waals surface area contributed by atoms with Crippen LogP contribution in [0.25, 0.3) is 0 Å². The molecular weight excluding hydrogens is 356 g/mol. The van der Waals surface area contributed by atoms with Crippen molar-refractivity contribution in [2.45, 2.75) is 19.9 Å². The Labute approximate surface area is 166 Å². The van der Waals surface area contributed by atoms with Crippen LogP contribution in [0.1, 0.15) is 29.5 Å². The van der Waals surface area contributed by atoms with Crippen molar-refractivity contribution in [3.8, 4) is 0 Å². The van der Waals surface area contributed by atoms with Gasteiger partial charge in [0.2, 0.25) is 5.91 Å². The number of carbonyl (C=O) groups is 2. The standard InChI is InChI=1S/C21H30N4O3/c1-6-20(26)22-17-9-10-18(24(4)5)16(14-17)15-25(12-11-23(2)3)21(27)19-8-7-13-28-19/h7-10,13-14H,6,11-12,15H2,1-5H3,(H,22,26). The van der Waals surface area contributed by atoms with Crippen molar-refractivity contribution in [1.29, 1.82) is 0 Å². The van der Waals surface area contributed by atoms with Gasteiger partial charge in [-0.1, -0.05) is 6.92 Å². The SMILES string of the molecule is CCC(=O)Nc1ccc(N(C)C)c(CN(CCN(C)C)C(=O)c2ccco2)c1. The molecular formula is C21H30N4O3. The molecule has 1 aromatic carbocycles. The molecule has 0 atom stereocenters. The van der Waals surface area contributed by atoms with Gasteiger partial charge in [0.15, 0.2) is 5.76 Å². The predicted octanol–water partition coefficient (Wildman–Crippen LogP) is 2.90. The molecule has 2 aromatic rings. The van der Waals surface area contributed by atoms with Crippen molar-refractivity contribution in [1.82, 2.24) is 9.80 Å². The van der Waals surface area contributed by atoms with Gasteiger partial charge < -0.3 is 24.4 Å². The Hall–Kier alpha value is -2.80. The van der Waals surface area contributed by atoms with Gasteiger partial charge in [-0.25, -0.2) is 0 Å². The van der Waals surface area contributed by atoms with E-state index in [1.54, 1.807) is 17.0 Å². The number of benzene rings is 1. The van der Waals surface area contributed by atoms with E-state index < -0.39 is 0 Å².